The van der Waals surface area contributed by atoms with E-state index in [1.807, 2.05) is 6.92 Å². The van der Waals surface area contributed by atoms with Crippen LogP contribution in [-0.4, -0.2) is 41.4 Å². The number of urea groups is 1. The quantitative estimate of drug-likeness (QED) is 0.282. The van der Waals surface area contributed by atoms with Gasteiger partial charge >= 0.3 is 6.03 Å². The van der Waals surface area contributed by atoms with Crippen molar-refractivity contribution in [2.45, 2.75) is 58.9 Å². The maximum absolute atomic E-state index is 12.3. The van der Waals surface area contributed by atoms with Gasteiger partial charge in [-0.15, -0.1) is 0 Å². The van der Waals surface area contributed by atoms with Crippen molar-refractivity contribution in [3.63, 3.8) is 0 Å². The second kappa shape index (κ2) is 8.88. The number of rotatable bonds is 8. The third-order valence-corrected chi connectivity index (χ3v) is 5.13. The molecule has 1 saturated heterocycles. The SMILES string of the molecule is CCc1cccc(CC)c1NC(N)=NCCCN1C(=O)NC(C)(CC)C1=O. The number of aliphatic imine (C=N–C) groups is 1. The van der Waals surface area contributed by atoms with E-state index in [0.717, 1.165) is 18.5 Å². The van der Waals surface area contributed by atoms with E-state index in [1.54, 1.807) is 6.92 Å². The van der Waals surface area contributed by atoms with Gasteiger partial charge in [0.2, 0.25) is 0 Å². The summed E-state index contributed by atoms with van der Waals surface area (Å²) in [5, 5.41) is 5.97. The molecule has 1 heterocycles. The number of nitrogens with one attached hydrogen (secondary N) is 2. The lowest BCUT2D eigenvalue weighted by molar-refractivity contribution is -0.130. The molecule has 7 heteroatoms. The Morgan fingerprint density at radius 2 is 1.85 bits per heavy atom. The van der Waals surface area contributed by atoms with Crippen molar-refractivity contribution in [3.8, 4) is 0 Å². The van der Waals surface area contributed by atoms with Crippen LogP contribution >= 0.6 is 0 Å². The van der Waals surface area contributed by atoms with Crippen molar-refractivity contribution in [1.29, 1.82) is 0 Å². The average molecular weight is 374 g/mol. The van der Waals surface area contributed by atoms with Gasteiger partial charge in [0.25, 0.3) is 5.91 Å². The van der Waals surface area contributed by atoms with Crippen LogP contribution < -0.4 is 16.4 Å². The second-order valence-electron chi connectivity index (χ2n) is 6.98. The molecule has 4 N–H and O–H groups in total. The maximum Gasteiger partial charge on any atom is 0.325 e. The summed E-state index contributed by atoms with van der Waals surface area (Å²) < 4.78 is 0. The van der Waals surface area contributed by atoms with E-state index in [0.29, 0.717) is 31.9 Å². The number of para-hydroxylation sites is 1. The summed E-state index contributed by atoms with van der Waals surface area (Å²) in [6, 6.07) is 5.89. The van der Waals surface area contributed by atoms with Crippen LogP contribution in [0, 0.1) is 0 Å². The van der Waals surface area contributed by atoms with Gasteiger partial charge in [-0.2, -0.15) is 0 Å². The van der Waals surface area contributed by atoms with Crippen molar-refractivity contribution in [2.75, 3.05) is 18.4 Å². The van der Waals surface area contributed by atoms with Gasteiger partial charge in [0, 0.05) is 18.8 Å². The number of hydrogen-bond donors (Lipinski definition) is 3. The van der Waals surface area contributed by atoms with Gasteiger partial charge in [-0.25, -0.2) is 4.79 Å². The number of imide groups is 1. The van der Waals surface area contributed by atoms with Crippen molar-refractivity contribution < 1.29 is 9.59 Å². The van der Waals surface area contributed by atoms with Crippen LogP contribution in [0.3, 0.4) is 0 Å². The predicted molar refractivity (Wildman–Crippen MR) is 109 cm³/mol. The van der Waals surface area contributed by atoms with Gasteiger partial charge in [-0.05, 0) is 43.7 Å². The molecule has 148 valence electrons. The minimum Gasteiger partial charge on any atom is -0.370 e. The van der Waals surface area contributed by atoms with Crippen LogP contribution in [0.5, 0.6) is 0 Å². The van der Waals surface area contributed by atoms with Crippen LogP contribution in [0.1, 0.15) is 51.7 Å². The highest BCUT2D eigenvalue weighted by molar-refractivity contribution is 6.06. The first kappa shape index (κ1) is 20.7. The number of benzene rings is 1. The van der Waals surface area contributed by atoms with Crippen LogP contribution in [0.2, 0.25) is 0 Å². The first-order valence-corrected chi connectivity index (χ1v) is 9.68. The maximum atomic E-state index is 12.3. The number of guanidine groups is 1. The van der Waals surface area contributed by atoms with E-state index in [-0.39, 0.29) is 11.9 Å². The summed E-state index contributed by atoms with van der Waals surface area (Å²) in [5.74, 6) is 0.177. The first-order chi connectivity index (χ1) is 12.9. The zero-order valence-corrected chi connectivity index (χ0v) is 16.8. The highest BCUT2D eigenvalue weighted by atomic mass is 16.2. The van der Waals surface area contributed by atoms with Gasteiger partial charge in [0.05, 0.1) is 0 Å². The fourth-order valence-electron chi connectivity index (χ4n) is 3.19. The predicted octanol–water partition coefficient (Wildman–Crippen LogP) is 2.65. The Hall–Kier alpha value is -2.57. The number of hydrogen-bond acceptors (Lipinski definition) is 3. The topological polar surface area (TPSA) is 99.8 Å². The Morgan fingerprint density at radius 3 is 2.37 bits per heavy atom. The molecule has 27 heavy (non-hydrogen) atoms. The molecule has 0 saturated carbocycles. The number of amides is 3. The molecule has 1 aromatic carbocycles. The van der Waals surface area contributed by atoms with Gasteiger partial charge in [0.15, 0.2) is 5.96 Å². The number of nitrogens with two attached hydrogens (primary N) is 1. The van der Waals surface area contributed by atoms with Crippen LogP contribution in [0.25, 0.3) is 0 Å². The van der Waals surface area contributed by atoms with E-state index in [2.05, 4.69) is 47.7 Å². The second-order valence-corrected chi connectivity index (χ2v) is 6.98. The van der Waals surface area contributed by atoms with Crippen molar-refractivity contribution >= 4 is 23.6 Å². The van der Waals surface area contributed by atoms with E-state index in [9.17, 15) is 9.59 Å². The zero-order valence-electron chi connectivity index (χ0n) is 16.8. The summed E-state index contributed by atoms with van der Waals surface area (Å²) >= 11 is 0. The Labute approximate surface area is 161 Å². The van der Waals surface area contributed by atoms with E-state index in [1.165, 1.54) is 16.0 Å². The summed E-state index contributed by atoms with van der Waals surface area (Å²) in [7, 11) is 0. The standard InChI is InChI=1S/C20H31N5O2/c1-5-14-10-8-11-15(6-2)16(14)23-18(21)22-12-9-13-25-17(26)20(4,7-3)24-19(25)27/h8,10-11H,5-7,9,12-13H2,1-4H3,(H,24,27)(H3,21,22,23). The number of carbonyl (C=O) groups is 2. The molecule has 0 spiro atoms. The molecule has 3 amide bonds. The molecular weight excluding hydrogens is 342 g/mol. The Morgan fingerprint density at radius 1 is 1.22 bits per heavy atom. The minimum absolute atomic E-state index is 0.172. The summed E-state index contributed by atoms with van der Waals surface area (Å²) in [5.41, 5.74) is 8.68. The van der Waals surface area contributed by atoms with Crippen LogP contribution in [0.15, 0.2) is 23.2 Å². The Bertz CT molecular complexity index is 709. The number of anilines is 1. The fourth-order valence-corrected chi connectivity index (χ4v) is 3.19. The van der Waals surface area contributed by atoms with Gasteiger partial charge in [0.1, 0.15) is 5.54 Å². The normalized spacial score (nSPS) is 20.1. The molecule has 1 aromatic rings. The van der Waals surface area contributed by atoms with E-state index >= 15 is 0 Å². The molecular formula is C20H31N5O2. The molecule has 1 unspecified atom stereocenters. The summed E-state index contributed by atoms with van der Waals surface area (Å²) in [6.07, 6.45) is 2.95. The van der Waals surface area contributed by atoms with E-state index in [4.69, 9.17) is 5.73 Å². The average Bonchev–Trinajstić information content (AvgIpc) is 2.88. The summed E-state index contributed by atoms with van der Waals surface area (Å²) in [6.45, 7) is 8.63. The molecule has 1 atom stereocenters. The van der Waals surface area contributed by atoms with E-state index < -0.39 is 5.54 Å². The smallest absolute Gasteiger partial charge is 0.325 e. The van der Waals surface area contributed by atoms with Gasteiger partial charge in [-0.1, -0.05) is 39.0 Å². The number of aryl methyl sites for hydroxylation is 2. The monoisotopic (exact) mass is 373 g/mol. The molecule has 0 aromatic heterocycles. The Balaban J connectivity index is 1.92. The highest BCUT2D eigenvalue weighted by Crippen LogP contribution is 2.22. The van der Waals surface area contributed by atoms with Crippen molar-refractivity contribution in [2.24, 2.45) is 10.7 Å². The summed E-state index contributed by atoms with van der Waals surface area (Å²) in [4.78, 5) is 30.0. The molecule has 0 radical (unpaired) electrons. The zero-order chi connectivity index (χ0) is 20.0. The lowest BCUT2D eigenvalue weighted by Crippen LogP contribution is -2.43. The largest absolute Gasteiger partial charge is 0.370 e. The molecule has 7 nitrogen and oxygen atoms in total. The third-order valence-electron chi connectivity index (χ3n) is 5.13. The molecule has 1 aliphatic heterocycles. The van der Waals surface area contributed by atoms with Gasteiger partial charge < -0.3 is 16.4 Å². The molecule has 1 aliphatic rings. The fraction of sp³-hybridized carbons (Fsp3) is 0.550. The molecule has 0 aliphatic carbocycles. The van der Waals surface area contributed by atoms with Crippen molar-refractivity contribution in [1.82, 2.24) is 10.2 Å². The van der Waals surface area contributed by atoms with Crippen molar-refractivity contribution in [3.05, 3.63) is 29.3 Å². The van der Waals surface area contributed by atoms with Gasteiger partial charge in [-0.3, -0.25) is 14.7 Å². The third kappa shape index (κ3) is 4.59. The molecule has 1 fully saturated rings. The molecule has 0 bridgehead atoms. The molecule has 2 rings (SSSR count). The van der Waals surface area contributed by atoms with Crippen LogP contribution in [-0.2, 0) is 17.6 Å². The lowest BCUT2D eigenvalue weighted by atomic mass is 9.99. The highest BCUT2D eigenvalue weighted by Gasteiger charge is 2.45. The van der Waals surface area contributed by atoms with Crippen LogP contribution in [0.4, 0.5) is 10.5 Å². The number of nitrogens with zero attached hydrogens (tertiary/aromatic N) is 2. The Kier molecular flexibility index (Phi) is 6.82. The first-order valence-electron chi connectivity index (χ1n) is 9.68. The number of carbonyl (C=O) groups excluding carboxylic acids is 2. The lowest BCUT2D eigenvalue weighted by Gasteiger charge is -2.19. The minimum atomic E-state index is -0.790.